The number of H-pyrrole nitrogens is 1. The number of ether oxygens (including phenoxy) is 1. The number of nitrogen functional groups attached to an aromatic ring is 1. The van der Waals surface area contributed by atoms with Crippen molar-refractivity contribution in [3.63, 3.8) is 0 Å². The smallest absolute Gasteiger partial charge is 0.232 e. The van der Waals surface area contributed by atoms with Crippen molar-refractivity contribution in [2.45, 2.75) is 73.1 Å². The quantitative estimate of drug-likeness (QED) is 0.304. The molecule has 32 heavy (non-hydrogen) atoms. The molecule has 1 aliphatic rings. The highest BCUT2D eigenvalue weighted by Gasteiger charge is 2.28. The number of rotatable bonds is 6. The summed E-state index contributed by atoms with van der Waals surface area (Å²) in [5.74, 6) is 1.26. The number of hydrogen-bond donors (Lipinski definition) is 2. The van der Waals surface area contributed by atoms with E-state index in [-0.39, 0.29) is 13.2 Å². The molecule has 0 radical (unpaired) electrons. The zero-order valence-corrected chi connectivity index (χ0v) is 19.1. The Kier molecular flexibility index (Phi) is 9.13. The number of ketones is 1. The Morgan fingerprint density at radius 2 is 1.69 bits per heavy atom. The number of anilines is 1. The van der Waals surface area contributed by atoms with Gasteiger partial charge in [-0.1, -0.05) is 72.6 Å². The van der Waals surface area contributed by atoms with Crippen LogP contribution in [0.2, 0.25) is 0 Å². The Hall–Kier alpha value is -3.01. The lowest BCUT2D eigenvalue weighted by molar-refractivity contribution is 0.101. The minimum Gasteiger partial charge on any atom is -0.452 e. The van der Waals surface area contributed by atoms with Crippen LogP contribution in [0.4, 0.5) is 5.69 Å². The lowest BCUT2D eigenvalue weighted by Crippen LogP contribution is -2.03. The first-order chi connectivity index (χ1) is 15.0. The van der Waals surface area contributed by atoms with E-state index in [1.54, 1.807) is 18.2 Å². The Labute approximate surface area is 192 Å². The van der Waals surface area contributed by atoms with Crippen molar-refractivity contribution in [2.24, 2.45) is 0 Å². The van der Waals surface area contributed by atoms with Crippen molar-refractivity contribution < 1.29 is 9.53 Å². The van der Waals surface area contributed by atoms with Gasteiger partial charge in [-0.25, -0.2) is 0 Å². The van der Waals surface area contributed by atoms with E-state index in [0.29, 0.717) is 28.7 Å². The molecule has 0 unspecified atom stereocenters. The molecule has 0 saturated heterocycles. The van der Waals surface area contributed by atoms with Gasteiger partial charge in [-0.2, -0.15) is 0 Å². The summed E-state index contributed by atoms with van der Waals surface area (Å²) in [5.41, 5.74) is 10.3. The van der Waals surface area contributed by atoms with Crippen molar-refractivity contribution >= 4 is 28.4 Å². The van der Waals surface area contributed by atoms with Gasteiger partial charge in [0.2, 0.25) is 5.78 Å². The third kappa shape index (κ3) is 5.24. The molecule has 0 amide bonds. The number of aromatic amines is 1. The zero-order chi connectivity index (χ0) is 22.4. The predicted molar refractivity (Wildman–Crippen MR) is 137 cm³/mol. The third-order valence-corrected chi connectivity index (χ3v) is 5.43. The SMILES string of the molecule is C.CCC.CCCC(CCC)c1[nH]c2ccccc2c1/C=C1\Oc2ccc(N)cc2C1=O. The summed E-state index contributed by atoms with van der Waals surface area (Å²) >= 11 is 0. The number of allylic oxidation sites excluding steroid dienone is 1. The number of benzene rings is 2. The first kappa shape index (κ1) is 25.3. The number of hydrogen-bond acceptors (Lipinski definition) is 3. The van der Waals surface area contributed by atoms with E-state index < -0.39 is 0 Å². The van der Waals surface area contributed by atoms with Crippen LogP contribution in [0, 0.1) is 0 Å². The standard InChI is InChI=1S/C24H26N2O2.C3H8.CH4/c1-3-7-15(8-4-2)23-18(17-9-5-6-10-20(17)26-23)14-22-24(27)19-13-16(25)11-12-21(19)28-22;1-3-2;/h5-6,9-15,26H,3-4,7-8,25H2,1-2H3;3H2,1-2H3;1H4/b22-14-;;. The second kappa shape index (κ2) is 11.6. The van der Waals surface area contributed by atoms with Crippen LogP contribution in [-0.4, -0.2) is 10.8 Å². The minimum atomic E-state index is -0.110. The van der Waals surface area contributed by atoms with Crippen molar-refractivity contribution in [3.05, 3.63) is 65.0 Å². The summed E-state index contributed by atoms with van der Waals surface area (Å²) in [6.07, 6.45) is 7.63. The van der Waals surface area contributed by atoms with Gasteiger partial charge in [0.25, 0.3) is 0 Å². The van der Waals surface area contributed by atoms with Crippen LogP contribution in [0.15, 0.2) is 48.2 Å². The molecule has 2 aromatic carbocycles. The Morgan fingerprint density at radius 3 is 2.34 bits per heavy atom. The fourth-order valence-electron chi connectivity index (χ4n) is 4.13. The van der Waals surface area contributed by atoms with Gasteiger partial charge < -0.3 is 15.5 Å². The highest BCUT2D eigenvalue weighted by atomic mass is 16.5. The van der Waals surface area contributed by atoms with E-state index in [1.165, 1.54) is 12.1 Å². The van der Waals surface area contributed by atoms with Crippen LogP contribution in [0.25, 0.3) is 17.0 Å². The Bertz CT molecular complexity index is 1070. The summed E-state index contributed by atoms with van der Waals surface area (Å²) in [4.78, 5) is 16.5. The van der Waals surface area contributed by atoms with Gasteiger partial charge in [-0.05, 0) is 49.1 Å². The normalized spacial score (nSPS) is 13.5. The first-order valence-corrected chi connectivity index (χ1v) is 11.5. The molecule has 3 aromatic rings. The number of fused-ring (bicyclic) bond motifs is 2. The number of nitrogens with two attached hydrogens (primary N) is 1. The molecule has 4 heteroatoms. The van der Waals surface area contributed by atoms with Gasteiger partial charge in [0.05, 0.1) is 5.56 Å². The van der Waals surface area contributed by atoms with Gasteiger partial charge in [0.1, 0.15) is 5.75 Å². The van der Waals surface area contributed by atoms with Gasteiger partial charge >= 0.3 is 0 Å². The van der Waals surface area contributed by atoms with Crippen LogP contribution in [0.5, 0.6) is 5.75 Å². The predicted octanol–water partition coefficient (Wildman–Crippen LogP) is 8.10. The number of Topliss-reactive ketones (excluding diaryl/α,β-unsaturated/α-hetero) is 1. The third-order valence-electron chi connectivity index (χ3n) is 5.43. The van der Waals surface area contributed by atoms with Crippen molar-refractivity contribution in [1.29, 1.82) is 0 Å². The number of carbonyl (C=O) groups is 1. The second-order valence-electron chi connectivity index (χ2n) is 8.17. The van der Waals surface area contributed by atoms with Crippen LogP contribution in [0.1, 0.15) is 94.8 Å². The second-order valence-corrected chi connectivity index (χ2v) is 8.17. The molecule has 0 saturated carbocycles. The molecule has 0 spiro atoms. The molecular weight excluding hydrogens is 396 g/mol. The van der Waals surface area contributed by atoms with Crippen LogP contribution < -0.4 is 10.5 Å². The number of nitrogens with one attached hydrogen (secondary N) is 1. The van der Waals surface area contributed by atoms with Crippen molar-refractivity contribution in [2.75, 3.05) is 5.73 Å². The largest absolute Gasteiger partial charge is 0.452 e. The summed E-state index contributed by atoms with van der Waals surface area (Å²) in [6, 6.07) is 13.4. The summed E-state index contributed by atoms with van der Waals surface area (Å²) < 4.78 is 5.89. The summed E-state index contributed by atoms with van der Waals surface area (Å²) in [5, 5.41) is 1.12. The maximum Gasteiger partial charge on any atom is 0.232 e. The molecule has 172 valence electrons. The first-order valence-electron chi connectivity index (χ1n) is 11.5. The summed E-state index contributed by atoms with van der Waals surface area (Å²) in [7, 11) is 0. The molecule has 4 nitrogen and oxygen atoms in total. The molecule has 0 fully saturated rings. The number of carbonyl (C=O) groups excluding carboxylic acids is 1. The fraction of sp³-hybridized carbons (Fsp3) is 0.393. The molecule has 0 bridgehead atoms. The highest BCUT2D eigenvalue weighted by molar-refractivity contribution is 6.15. The van der Waals surface area contributed by atoms with E-state index in [1.807, 2.05) is 18.2 Å². The lowest BCUT2D eigenvalue weighted by atomic mass is 9.91. The topological polar surface area (TPSA) is 68.1 Å². The number of aromatic nitrogens is 1. The molecule has 1 aliphatic heterocycles. The van der Waals surface area contributed by atoms with Gasteiger partial charge in [-0.3, -0.25) is 4.79 Å². The molecule has 1 aromatic heterocycles. The highest BCUT2D eigenvalue weighted by Crippen LogP contribution is 2.37. The molecule has 4 rings (SSSR count). The van der Waals surface area contributed by atoms with E-state index in [4.69, 9.17) is 10.5 Å². The van der Waals surface area contributed by atoms with Crippen LogP contribution in [-0.2, 0) is 0 Å². The lowest BCUT2D eigenvalue weighted by Gasteiger charge is -2.15. The maximum atomic E-state index is 12.9. The fourth-order valence-corrected chi connectivity index (χ4v) is 4.13. The number of para-hydroxylation sites is 1. The van der Waals surface area contributed by atoms with E-state index in [9.17, 15) is 4.79 Å². The van der Waals surface area contributed by atoms with Crippen molar-refractivity contribution in [1.82, 2.24) is 4.98 Å². The van der Waals surface area contributed by atoms with Gasteiger partial charge in [-0.15, -0.1) is 0 Å². The monoisotopic (exact) mass is 434 g/mol. The van der Waals surface area contributed by atoms with E-state index in [2.05, 4.69) is 44.8 Å². The molecule has 3 N–H and O–H groups in total. The van der Waals surface area contributed by atoms with Crippen LogP contribution >= 0.6 is 0 Å². The average Bonchev–Trinajstić information content (AvgIpc) is 3.27. The Morgan fingerprint density at radius 1 is 1.03 bits per heavy atom. The molecular formula is C28H38N2O2. The average molecular weight is 435 g/mol. The minimum absolute atomic E-state index is 0. The van der Waals surface area contributed by atoms with Crippen LogP contribution in [0.3, 0.4) is 0 Å². The van der Waals surface area contributed by atoms with Gasteiger partial charge in [0, 0.05) is 27.8 Å². The zero-order valence-electron chi connectivity index (χ0n) is 19.1. The van der Waals surface area contributed by atoms with Gasteiger partial charge in [0.15, 0.2) is 5.76 Å². The van der Waals surface area contributed by atoms with E-state index >= 15 is 0 Å². The Balaban J connectivity index is 0.000000860. The molecule has 0 aliphatic carbocycles. The van der Waals surface area contributed by atoms with E-state index in [0.717, 1.165) is 42.1 Å². The maximum absolute atomic E-state index is 12.9. The summed E-state index contributed by atoms with van der Waals surface area (Å²) in [6.45, 7) is 8.68. The molecule has 0 atom stereocenters. The van der Waals surface area contributed by atoms with Crippen molar-refractivity contribution in [3.8, 4) is 5.75 Å². The molecule has 2 heterocycles.